The molecule has 0 aliphatic carbocycles. The monoisotopic (exact) mass is 588 g/mol. The van der Waals surface area contributed by atoms with Crippen LogP contribution in [0.5, 0.6) is 0 Å². The third kappa shape index (κ3) is 5.83. The van der Waals surface area contributed by atoms with E-state index >= 15 is 0 Å². The number of alkyl halides is 6. The molecular formula is C23H19ClF6N8O2. The van der Waals surface area contributed by atoms with E-state index < -0.39 is 46.3 Å². The number of nitrogens with one attached hydrogen (secondary N) is 3. The van der Waals surface area contributed by atoms with Crippen molar-refractivity contribution >= 4 is 40.6 Å². The van der Waals surface area contributed by atoms with Crippen molar-refractivity contribution in [3.8, 4) is 0 Å². The van der Waals surface area contributed by atoms with E-state index in [2.05, 4.69) is 31.0 Å². The standard InChI is InChI=1S/C23H19ClF6N8O2/c1-11-8-37-9-18(40-11)19-31-10-32-20(35-19)38(37)36-17-7-13(2-4-14(17)22(25,26)27)34-21(39)33-12-3-5-16(24)15(6-12)23(28,29)30/h2-7,10-11,18,36H,8-9H2,1H3,(H2,33,34,39). The van der Waals surface area contributed by atoms with Crippen LogP contribution in [0.25, 0.3) is 0 Å². The van der Waals surface area contributed by atoms with Crippen LogP contribution in [0, 0.1) is 0 Å². The number of fused-ring (bicyclic) bond motifs is 5. The lowest BCUT2D eigenvalue weighted by molar-refractivity contribution is -0.138. The van der Waals surface area contributed by atoms with Crippen LogP contribution >= 0.6 is 11.6 Å². The lowest BCUT2D eigenvalue weighted by Gasteiger charge is -2.40. The summed E-state index contributed by atoms with van der Waals surface area (Å²) in [4.78, 5) is 25.0. The highest BCUT2D eigenvalue weighted by atomic mass is 35.5. The van der Waals surface area contributed by atoms with Gasteiger partial charge in [-0.1, -0.05) is 11.6 Å². The number of benzene rings is 2. The molecule has 40 heavy (non-hydrogen) atoms. The van der Waals surface area contributed by atoms with Crippen molar-refractivity contribution in [3.63, 3.8) is 0 Å². The first-order valence-electron chi connectivity index (χ1n) is 11.6. The molecule has 3 unspecified atom stereocenters. The molecule has 212 valence electrons. The SMILES string of the molecule is CC1CN2CC(O1)c1ncnc(n1)N2Nc1cc(NC(=O)Nc2ccc(Cl)c(C(F)(F)F)c2)ccc1C(F)(F)F. The molecule has 10 nitrogen and oxygen atoms in total. The Morgan fingerprint density at radius 2 is 1.65 bits per heavy atom. The summed E-state index contributed by atoms with van der Waals surface area (Å²) in [6.45, 7) is 2.32. The number of ether oxygens (including phenoxy) is 1. The van der Waals surface area contributed by atoms with E-state index in [1.165, 1.54) is 11.4 Å². The Hall–Kier alpha value is -3.89. The van der Waals surface area contributed by atoms with Gasteiger partial charge < -0.3 is 15.4 Å². The van der Waals surface area contributed by atoms with Gasteiger partial charge in [-0.05, 0) is 43.3 Å². The number of urea groups is 1. The van der Waals surface area contributed by atoms with Gasteiger partial charge in [0.2, 0.25) is 0 Å². The van der Waals surface area contributed by atoms with Gasteiger partial charge in [0.25, 0.3) is 5.95 Å². The molecule has 3 N–H and O–H groups in total. The number of amides is 2. The number of anilines is 4. The molecule has 4 bridgehead atoms. The summed E-state index contributed by atoms with van der Waals surface area (Å²) < 4.78 is 87.0. The molecule has 2 amide bonds. The summed E-state index contributed by atoms with van der Waals surface area (Å²) >= 11 is 5.59. The highest BCUT2D eigenvalue weighted by Crippen LogP contribution is 2.39. The Balaban J connectivity index is 1.41. The number of carbonyl (C=O) groups is 1. The topological polar surface area (TPSA) is 108 Å². The van der Waals surface area contributed by atoms with Gasteiger partial charge in [0.05, 0.1) is 34.5 Å². The van der Waals surface area contributed by atoms with Crippen LogP contribution in [0.15, 0.2) is 42.7 Å². The lowest BCUT2D eigenvalue weighted by atomic mass is 10.1. The second-order valence-electron chi connectivity index (χ2n) is 8.90. The first-order valence-corrected chi connectivity index (χ1v) is 12.0. The average Bonchev–Trinajstić information content (AvgIpc) is 2.92. The first-order chi connectivity index (χ1) is 18.8. The van der Waals surface area contributed by atoms with Gasteiger partial charge in [0.15, 0.2) is 5.82 Å². The molecule has 2 aliphatic heterocycles. The van der Waals surface area contributed by atoms with Crippen LogP contribution < -0.4 is 21.2 Å². The minimum absolute atomic E-state index is 0.0256. The summed E-state index contributed by atoms with van der Waals surface area (Å²) in [5.41, 5.74) is -0.285. The maximum atomic E-state index is 13.9. The fraction of sp³-hybridized carbons (Fsp3) is 0.304. The molecule has 0 spiro atoms. The molecule has 2 aromatic carbocycles. The van der Waals surface area contributed by atoms with E-state index in [4.69, 9.17) is 16.3 Å². The smallest absolute Gasteiger partial charge is 0.364 e. The second-order valence-corrected chi connectivity index (χ2v) is 9.31. The van der Waals surface area contributed by atoms with Gasteiger partial charge in [0, 0.05) is 17.9 Å². The molecule has 5 rings (SSSR count). The number of rotatable bonds is 4. The third-order valence-corrected chi connectivity index (χ3v) is 6.25. The molecule has 0 radical (unpaired) electrons. The Morgan fingerprint density at radius 3 is 2.35 bits per heavy atom. The highest BCUT2D eigenvalue weighted by Gasteiger charge is 2.39. The minimum Gasteiger partial charge on any atom is -0.364 e. The van der Waals surface area contributed by atoms with Crippen molar-refractivity contribution < 1.29 is 35.9 Å². The van der Waals surface area contributed by atoms with E-state index in [0.29, 0.717) is 18.4 Å². The second kappa shape index (κ2) is 10.3. The third-order valence-electron chi connectivity index (χ3n) is 5.92. The number of morpholine rings is 1. The molecule has 1 saturated heterocycles. The molecule has 3 aromatic rings. The van der Waals surface area contributed by atoms with Crippen molar-refractivity contribution in [1.29, 1.82) is 0 Å². The van der Waals surface area contributed by atoms with Gasteiger partial charge in [-0.3, -0.25) is 5.43 Å². The maximum Gasteiger partial charge on any atom is 0.418 e. The van der Waals surface area contributed by atoms with Crippen molar-refractivity contribution in [1.82, 2.24) is 20.0 Å². The number of aromatic nitrogens is 3. The molecular weight excluding hydrogens is 570 g/mol. The quantitative estimate of drug-likeness (QED) is 0.332. The zero-order chi connectivity index (χ0) is 28.8. The Morgan fingerprint density at radius 1 is 0.975 bits per heavy atom. The van der Waals surface area contributed by atoms with Crippen molar-refractivity contribution in [2.75, 3.05) is 34.3 Å². The van der Waals surface area contributed by atoms with Crippen molar-refractivity contribution in [2.45, 2.75) is 31.5 Å². The van der Waals surface area contributed by atoms with Gasteiger partial charge in [-0.25, -0.2) is 9.78 Å². The largest absolute Gasteiger partial charge is 0.418 e. The Kier molecular flexibility index (Phi) is 7.09. The van der Waals surface area contributed by atoms with Gasteiger partial charge in [0.1, 0.15) is 12.4 Å². The van der Waals surface area contributed by atoms with E-state index in [-0.39, 0.29) is 30.0 Å². The fourth-order valence-electron chi connectivity index (χ4n) is 4.23. The predicted octanol–water partition coefficient (Wildman–Crippen LogP) is 5.73. The normalized spacial score (nSPS) is 20.5. The molecule has 3 heterocycles. The van der Waals surface area contributed by atoms with E-state index in [1.54, 1.807) is 11.9 Å². The summed E-state index contributed by atoms with van der Waals surface area (Å²) in [5, 5.41) is 6.91. The molecule has 3 atom stereocenters. The highest BCUT2D eigenvalue weighted by molar-refractivity contribution is 6.31. The summed E-state index contributed by atoms with van der Waals surface area (Å²) in [6.07, 6.45) is -9.15. The van der Waals surface area contributed by atoms with Crippen LogP contribution in [0.4, 0.5) is 54.1 Å². The molecule has 1 fully saturated rings. The number of hydrogen-bond acceptors (Lipinski definition) is 8. The zero-order valence-electron chi connectivity index (χ0n) is 20.3. The predicted molar refractivity (Wildman–Crippen MR) is 131 cm³/mol. The minimum atomic E-state index is -4.78. The van der Waals surface area contributed by atoms with Crippen LogP contribution in [0.1, 0.15) is 30.0 Å². The maximum absolute atomic E-state index is 13.9. The van der Waals surface area contributed by atoms with Crippen LogP contribution in [-0.4, -0.2) is 45.2 Å². The van der Waals surface area contributed by atoms with Gasteiger partial charge >= 0.3 is 18.4 Å². The fourth-order valence-corrected chi connectivity index (χ4v) is 4.45. The summed E-state index contributed by atoms with van der Waals surface area (Å²) in [5.74, 6) is 0.350. The van der Waals surface area contributed by atoms with Gasteiger partial charge in [-0.2, -0.15) is 46.4 Å². The van der Waals surface area contributed by atoms with E-state index in [1.807, 2.05) is 0 Å². The summed E-state index contributed by atoms with van der Waals surface area (Å²) in [7, 11) is 0. The number of hydrogen-bond donors (Lipinski definition) is 3. The van der Waals surface area contributed by atoms with Crippen LogP contribution in [-0.2, 0) is 17.1 Å². The molecule has 0 saturated carbocycles. The summed E-state index contributed by atoms with van der Waals surface area (Å²) in [6, 6.07) is 4.54. The molecule has 1 aromatic heterocycles. The van der Waals surface area contributed by atoms with Crippen molar-refractivity contribution in [3.05, 3.63) is 64.7 Å². The molecule has 2 aliphatic rings. The van der Waals surface area contributed by atoms with Crippen LogP contribution in [0.2, 0.25) is 5.02 Å². The number of nitrogens with zero attached hydrogens (tertiary/aromatic N) is 5. The Labute approximate surface area is 227 Å². The zero-order valence-corrected chi connectivity index (χ0v) is 21.1. The van der Waals surface area contributed by atoms with Crippen molar-refractivity contribution in [2.24, 2.45) is 0 Å². The van der Waals surface area contributed by atoms with E-state index in [9.17, 15) is 31.1 Å². The Bertz CT molecular complexity index is 1440. The number of halogens is 7. The number of carbonyl (C=O) groups excluding carboxylic acids is 1. The number of hydrazine groups is 2. The van der Waals surface area contributed by atoms with E-state index in [0.717, 1.165) is 30.3 Å². The molecule has 17 heteroatoms. The average molecular weight is 589 g/mol. The van der Waals surface area contributed by atoms with Gasteiger partial charge in [-0.15, -0.1) is 0 Å². The first kappa shape index (κ1) is 27.7. The van der Waals surface area contributed by atoms with Crippen LogP contribution in [0.3, 0.4) is 0 Å². The lowest BCUT2D eigenvalue weighted by Crippen LogP contribution is -2.54.